The molecule has 1 N–H and O–H groups in total. The van der Waals surface area contributed by atoms with Gasteiger partial charge in [0, 0.05) is 10.2 Å². The van der Waals surface area contributed by atoms with Crippen molar-refractivity contribution < 1.29 is 18.7 Å². The van der Waals surface area contributed by atoms with E-state index in [-0.39, 0.29) is 24.2 Å². The first-order valence-corrected chi connectivity index (χ1v) is 11.7. The van der Waals surface area contributed by atoms with Crippen molar-refractivity contribution in [3.8, 4) is 5.75 Å². The third-order valence-corrected chi connectivity index (χ3v) is 6.36. The van der Waals surface area contributed by atoms with Gasteiger partial charge in [0.2, 0.25) is 0 Å². The molecule has 166 valence electrons. The molecule has 9 heteroatoms. The molecule has 2 amide bonds. The Morgan fingerprint density at radius 2 is 1.85 bits per heavy atom. The molecule has 4 rings (SSSR count). The fourth-order valence-electron chi connectivity index (χ4n) is 3.01. The average Bonchev–Trinajstić information content (AvgIpc) is 3.07. The van der Waals surface area contributed by atoms with Gasteiger partial charge in [0.1, 0.15) is 11.6 Å². The van der Waals surface area contributed by atoms with E-state index in [2.05, 4.69) is 21.2 Å². The van der Waals surface area contributed by atoms with Crippen molar-refractivity contribution in [2.45, 2.75) is 0 Å². The lowest BCUT2D eigenvalue weighted by molar-refractivity contribution is -0.118. The van der Waals surface area contributed by atoms with Crippen molar-refractivity contribution in [1.82, 2.24) is 0 Å². The van der Waals surface area contributed by atoms with Crippen LogP contribution >= 0.6 is 39.9 Å². The number of carbonyl (C=O) groups excluding carboxylic acids is 2. The second kappa shape index (κ2) is 10.3. The maximum atomic E-state index is 13.2. The first-order chi connectivity index (χ1) is 15.9. The predicted molar refractivity (Wildman–Crippen MR) is 137 cm³/mol. The SMILES string of the molecule is O=C(COc1cccc(/C=C2\SC(=S)N(c3ccc(F)cc3)C2=O)c1)Nc1ccc(Br)cc1. The van der Waals surface area contributed by atoms with Crippen LogP contribution in [-0.2, 0) is 9.59 Å². The molecular weight excluding hydrogens is 527 g/mol. The van der Waals surface area contributed by atoms with Crippen molar-refractivity contribution >= 4 is 73.5 Å². The number of rotatable bonds is 6. The van der Waals surface area contributed by atoms with Crippen LogP contribution in [0.3, 0.4) is 0 Å². The maximum absolute atomic E-state index is 13.2. The quantitative estimate of drug-likeness (QED) is 0.305. The smallest absolute Gasteiger partial charge is 0.270 e. The molecule has 0 unspecified atom stereocenters. The maximum Gasteiger partial charge on any atom is 0.270 e. The van der Waals surface area contributed by atoms with Gasteiger partial charge in [-0.05, 0) is 72.3 Å². The van der Waals surface area contributed by atoms with E-state index in [1.165, 1.54) is 40.9 Å². The molecule has 1 saturated heterocycles. The van der Waals surface area contributed by atoms with Crippen LogP contribution in [0, 0.1) is 5.82 Å². The van der Waals surface area contributed by atoms with Gasteiger partial charge in [-0.3, -0.25) is 14.5 Å². The highest BCUT2D eigenvalue weighted by Crippen LogP contribution is 2.36. The van der Waals surface area contributed by atoms with E-state index in [0.29, 0.717) is 26.3 Å². The number of hydrogen-bond acceptors (Lipinski definition) is 5. The van der Waals surface area contributed by atoms with E-state index in [4.69, 9.17) is 17.0 Å². The van der Waals surface area contributed by atoms with Gasteiger partial charge in [-0.15, -0.1) is 0 Å². The Kier molecular flexibility index (Phi) is 7.22. The highest BCUT2D eigenvalue weighted by Gasteiger charge is 2.33. The summed E-state index contributed by atoms with van der Waals surface area (Å²) in [4.78, 5) is 26.8. The number of anilines is 2. The van der Waals surface area contributed by atoms with E-state index in [1.54, 1.807) is 36.4 Å². The minimum Gasteiger partial charge on any atom is -0.484 e. The summed E-state index contributed by atoms with van der Waals surface area (Å²) in [5.74, 6) is -0.467. The number of thioether (sulfide) groups is 1. The summed E-state index contributed by atoms with van der Waals surface area (Å²) < 4.78 is 20.1. The summed E-state index contributed by atoms with van der Waals surface area (Å²) in [6, 6.07) is 19.9. The first kappa shape index (κ1) is 23.2. The molecule has 0 bridgehead atoms. The van der Waals surface area contributed by atoms with Gasteiger partial charge < -0.3 is 10.1 Å². The topological polar surface area (TPSA) is 58.6 Å². The second-order valence-corrected chi connectivity index (χ2v) is 9.50. The monoisotopic (exact) mass is 542 g/mol. The average molecular weight is 543 g/mol. The van der Waals surface area contributed by atoms with Gasteiger partial charge in [-0.25, -0.2) is 4.39 Å². The molecule has 0 atom stereocenters. The molecule has 5 nitrogen and oxygen atoms in total. The molecule has 0 aliphatic carbocycles. The van der Waals surface area contributed by atoms with Gasteiger partial charge in [-0.1, -0.05) is 52.0 Å². The van der Waals surface area contributed by atoms with E-state index >= 15 is 0 Å². The highest BCUT2D eigenvalue weighted by molar-refractivity contribution is 9.10. The van der Waals surface area contributed by atoms with Crippen LogP contribution in [0.25, 0.3) is 6.08 Å². The fraction of sp³-hybridized carbons (Fsp3) is 0.0417. The van der Waals surface area contributed by atoms with E-state index < -0.39 is 0 Å². The summed E-state index contributed by atoms with van der Waals surface area (Å²) in [5.41, 5.74) is 1.90. The number of benzene rings is 3. The minimum atomic E-state index is -0.387. The first-order valence-electron chi connectivity index (χ1n) is 9.71. The Hall–Kier alpha value is -3.01. The summed E-state index contributed by atoms with van der Waals surface area (Å²) in [6.45, 7) is -0.161. The van der Waals surface area contributed by atoms with Gasteiger partial charge in [0.25, 0.3) is 11.8 Å². The Labute approximate surface area is 207 Å². The number of nitrogens with zero attached hydrogens (tertiary/aromatic N) is 1. The molecule has 33 heavy (non-hydrogen) atoms. The van der Waals surface area contributed by atoms with Crippen LogP contribution in [0.2, 0.25) is 0 Å². The normalized spacial score (nSPS) is 14.6. The molecule has 0 aromatic heterocycles. The lowest BCUT2D eigenvalue weighted by Crippen LogP contribution is -2.27. The summed E-state index contributed by atoms with van der Waals surface area (Å²) in [7, 11) is 0. The molecule has 3 aromatic rings. The molecule has 3 aromatic carbocycles. The molecule has 1 fully saturated rings. The van der Waals surface area contributed by atoms with Crippen LogP contribution in [-0.4, -0.2) is 22.7 Å². The third-order valence-electron chi connectivity index (χ3n) is 4.53. The van der Waals surface area contributed by atoms with Gasteiger partial charge in [0.05, 0.1) is 10.6 Å². The molecule has 1 aliphatic heterocycles. The van der Waals surface area contributed by atoms with Crippen LogP contribution in [0.5, 0.6) is 5.75 Å². The standard InChI is InChI=1S/C24H16BrFN2O3S2/c25-16-4-8-18(9-5-16)27-22(29)14-31-20-3-1-2-15(12-20)13-21-23(30)28(24(32)33-21)19-10-6-17(26)7-11-19/h1-13H,14H2,(H,27,29)/b21-13-. The second-order valence-electron chi connectivity index (χ2n) is 6.91. The third kappa shape index (κ3) is 5.87. The molecule has 0 spiro atoms. The largest absolute Gasteiger partial charge is 0.484 e. The number of halogens is 2. The van der Waals surface area contributed by atoms with Crippen LogP contribution in [0.4, 0.5) is 15.8 Å². The Morgan fingerprint density at radius 1 is 1.12 bits per heavy atom. The Bertz CT molecular complexity index is 1250. The fourth-order valence-corrected chi connectivity index (χ4v) is 4.57. The van der Waals surface area contributed by atoms with Gasteiger partial charge in [0.15, 0.2) is 10.9 Å². The van der Waals surface area contributed by atoms with Gasteiger partial charge >= 0.3 is 0 Å². The van der Waals surface area contributed by atoms with Crippen molar-refractivity contribution in [3.05, 3.63) is 93.6 Å². The van der Waals surface area contributed by atoms with Crippen LogP contribution < -0.4 is 15.0 Å². The number of nitrogens with one attached hydrogen (secondary N) is 1. The zero-order valence-corrected chi connectivity index (χ0v) is 20.2. The van der Waals surface area contributed by atoms with E-state index in [1.807, 2.05) is 18.2 Å². The number of hydrogen-bond donors (Lipinski definition) is 1. The zero-order valence-electron chi connectivity index (χ0n) is 17.0. The predicted octanol–water partition coefficient (Wildman–Crippen LogP) is 6.01. The summed E-state index contributed by atoms with van der Waals surface area (Å²) >= 11 is 9.86. The Balaban J connectivity index is 1.41. The van der Waals surface area contributed by atoms with Crippen molar-refractivity contribution in [1.29, 1.82) is 0 Å². The van der Waals surface area contributed by atoms with Crippen molar-refractivity contribution in [3.63, 3.8) is 0 Å². The molecule has 0 radical (unpaired) electrons. The zero-order chi connectivity index (χ0) is 23.4. The summed E-state index contributed by atoms with van der Waals surface area (Å²) in [5, 5.41) is 2.76. The molecule has 0 saturated carbocycles. The molecular formula is C24H16BrFN2O3S2. The minimum absolute atomic E-state index is 0.161. The van der Waals surface area contributed by atoms with Crippen LogP contribution in [0.1, 0.15) is 5.56 Å². The summed E-state index contributed by atoms with van der Waals surface area (Å²) in [6.07, 6.45) is 1.71. The van der Waals surface area contributed by atoms with Crippen molar-refractivity contribution in [2.75, 3.05) is 16.8 Å². The molecule has 1 aliphatic rings. The van der Waals surface area contributed by atoms with E-state index in [0.717, 1.165) is 10.0 Å². The highest BCUT2D eigenvalue weighted by atomic mass is 79.9. The molecule has 1 heterocycles. The van der Waals surface area contributed by atoms with Gasteiger partial charge in [-0.2, -0.15) is 0 Å². The number of ether oxygens (including phenoxy) is 1. The number of thiocarbonyl (C=S) groups is 1. The Morgan fingerprint density at radius 3 is 2.58 bits per heavy atom. The number of amides is 2. The lowest BCUT2D eigenvalue weighted by atomic mass is 10.2. The van der Waals surface area contributed by atoms with Crippen molar-refractivity contribution in [2.24, 2.45) is 0 Å². The number of carbonyl (C=O) groups is 2. The van der Waals surface area contributed by atoms with E-state index in [9.17, 15) is 14.0 Å². The van der Waals surface area contributed by atoms with Crippen LogP contribution in [0.15, 0.2) is 82.2 Å². The lowest BCUT2D eigenvalue weighted by Gasteiger charge is -2.14.